The van der Waals surface area contributed by atoms with Crippen molar-refractivity contribution in [3.63, 3.8) is 0 Å². The van der Waals surface area contributed by atoms with Gasteiger partial charge >= 0.3 is 0 Å². The van der Waals surface area contributed by atoms with Crippen LogP contribution in [0.2, 0.25) is 0 Å². The molecule has 0 bridgehead atoms. The molecule has 0 radical (unpaired) electrons. The molecule has 2 aromatic rings. The molecule has 0 atom stereocenters. The summed E-state index contributed by atoms with van der Waals surface area (Å²) in [4.78, 5) is 1.53. The summed E-state index contributed by atoms with van der Waals surface area (Å²) < 4.78 is 22.2. The Bertz CT molecular complexity index is 605. The van der Waals surface area contributed by atoms with Gasteiger partial charge in [-0.3, -0.25) is 0 Å². The normalized spacial score (nSPS) is 11.6. The maximum Gasteiger partial charge on any atom is 0.238 e. The maximum absolute atomic E-state index is 11.1. The smallest absolute Gasteiger partial charge is 0.238 e. The quantitative estimate of drug-likeness (QED) is 0.770. The van der Waals surface area contributed by atoms with Crippen LogP contribution in [0.25, 0.3) is 0 Å². The highest BCUT2D eigenvalue weighted by molar-refractivity contribution is 7.89. The van der Waals surface area contributed by atoms with Crippen LogP contribution < -0.4 is 10.5 Å². The molecule has 0 spiro atoms. The molecular weight excluding hydrogens is 280 g/mol. The number of hydrogen-bond donors (Lipinski definition) is 2. The fourth-order valence-electron chi connectivity index (χ4n) is 1.79. The number of primary sulfonamides is 1. The third-order valence-corrected chi connectivity index (χ3v) is 4.64. The maximum atomic E-state index is 11.1. The van der Waals surface area contributed by atoms with E-state index in [1.54, 1.807) is 23.5 Å². The van der Waals surface area contributed by atoms with E-state index < -0.39 is 10.0 Å². The Balaban J connectivity index is 1.80. The zero-order chi connectivity index (χ0) is 13.7. The molecule has 1 aromatic heterocycles. The molecule has 0 saturated carbocycles. The fraction of sp³-hybridized carbons (Fsp3) is 0.231. The van der Waals surface area contributed by atoms with Gasteiger partial charge in [-0.05, 0) is 29.1 Å². The van der Waals surface area contributed by atoms with Crippen LogP contribution in [-0.2, 0) is 23.0 Å². The van der Waals surface area contributed by atoms with E-state index in [0.717, 1.165) is 25.1 Å². The Labute approximate surface area is 117 Å². The van der Waals surface area contributed by atoms with Gasteiger partial charge in [-0.2, -0.15) is 0 Å². The minimum absolute atomic E-state index is 0.166. The Kier molecular flexibility index (Phi) is 4.71. The molecule has 1 heterocycles. The van der Waals surface area contributed by atoms with Gasteiger partial charge in [0, 0.05) is 6.42 Å². The summed E-state index contributed by atoms with van der Waals surface area (Å²) >= 11 is 1.76. The van der Waals surface area contributed by atoms with E-state index in [2.05, 4.69) is 22.8 Å². The molecule has 0 amide bonds. The van der Waals surface area contributed by atoms with Crippen LogP contribution >= 0.6 is 11.3 Å². The van der Waals surface area contributed by atoms with E-state index in [0.29, 0.717) is 0 Å². The second-order valence-electron chi connectivity index (χ2n) is 4.30. The predicted octanol–water partition coefficient (Wildman–Crippen LogP) is 0.702. The third kappa shape index (κ3) is 4.43. The highest BCUT2D eigenvalue weighted by Crippen LogP contribution is 2.09. The highest BCUT2D eigenvalue weighted by Gasteiger charge is 2.06. The molecule has 2 rings (SSSR count). The summed E-state index contributed by atoms with van der Waals surface area (Å²) in [6.45, 7) is 1.97. The van der Waals surface area contributed by atoms with Crippen molar-refractivity contribution >= 4 is 21.4 Å². The zero-order valence-electron chi connectivity index (χ0n) is 10.5. The molecule has 6 heteroatoms. The minimum Gasteiger partial charge on any atom is -0.342 e. The minimum atomic E-state index is -3.58. The summed E-state index contributed by atoms with van der Waals surface area (Å²) in [5.41, 5.74) is 1.12. The number of hydrogen-bond acceptors (Lipinski definition) is 3. The average molecular weight is 297 g/mol. The van der Waals surface area contributed by atoms with Gasteiger partial charge in [-0.1, -0.05) is 18.2 Å². The van der Waals surface area contributed by atoms with Crippen molar-refractivity contribution in [3.8, 4) is 0 Å². The Morgan fingerprint density at radius 3 is 2.47 bits per heavy atom. The van der Waals surface area contributed by atoms with Crippen molar-refractivity contribution in [3.05, 3.63) is 52.2 Å². The standard InChI is InChI=1S/C13H16N2O2S2/c14-19(16,17)13-5-3-11(4-6-13)7-8-15-10-12-2-1-9-18-12/h1-6,9,15H,7-8,10H2,(H2,14,16,17)/p+1. The van der Waals surface area contributed by atoms with Gasteiger partial charge < -0.3 is 5.32 Å². The molecule has 0 unspecified atom stereocenters. The molecule has 0 aliphatic carbocycles. The zero-order valence-corrected chi connectivity index (χ0v) is 12.1. The summed E-state index contributed by atoms with van der Waals surface area (Å²) in [5, 5.41) is 9.38. The Morgan fingerprint density at radius 1 is 1.16 bits per heavy atom. The molecule has 0 fully saturated rings. The van der Waals surface area contributed by atoms with Crippen molar-refractivity contribution in [2.24, 2.45) is 5.14 Å². The largest absolute Gasteiger partial charge is 0.342 e. The molecule has 4 N–H and O–H groups in total. The molecule has 102 valence electrons. The van der Waals surface area contributed by atoms with Crippen molar-refractivity contribution in [1.82, 2.24) is 0 Å². The van der Waals surface area contributed by atoms with Gasteiger partial charge in [0.2, 0.25) is 10.0 Å². The van der Waals surface area contributed by atoms with Gasteiger partial charge in [0.05, 0.1) is 16.3 Å². The van der Waals surface area contributed by atoms with Crippen molar-refractivity contribution < 1.29 is 13.7 Å². The monoisotopic (exact) mass is 297 g/mol. The van der Waals surface area contributed by atoms with Gasteiger partial charge in [0.25, 0.3) is 0 Å². The molecule has 0 saturated heterocycles. The number of thiophene rings is 1. The van der Waals surface area contributed by atoms with E-state index in [1.807, 2.05) is 12.1 Å². The molecule has 0 aliphatic rings. The number of nitrogens with two attached hydrogens (primary N) is 2. The number of rotatable bonds is 6. The number of quaternary nitrogens is 1. The molecule has 1 aromatic carbocycles. The average Bonchev–Trinajstić information content (AvgIpc) is 2.87. The first kappa shape index (κ1) is 14.2. The SMILES string of the molecule is NS(=O)(=O)c1ccc(CC[NH2+]Cc2cccs2)cc1. The fourth-order valence-corrected chi connectivity index (χ4v) is 3.01. The lowest BCUT2D eigenvalue weighted by molar-refractivity contribution is -0.669. The van der Waals surface area contributed by atoms with E-state index in [1.165, 1.54) is 4.88 Å². The van der Waals surface area contributed by atoms with Gasteiger partial charge in [0.15, 0.2) is 0 Å². The van der Waals surface area contributed by atoms with Crippen LogP contribution in [0.15, 0.2) is 46.7 Å². The van der Waals surface area contributed by atoms with E-state index in [4.69, 9.17) is 5.14 Å². The second-order valence-corrected chi connectivity index (χ2v) is 6.89. The second kappa shape index (κ2) is 6.29. The van der Waals surface area contributed by atoms with Crippen LogP contribution in [0.1, 0.15) is 10.4 Å². The van der Waals surface area contributed by atoms with Crippen molar-refractivity contribution in [1.29, 1.82) is 0 Å². The van der Waals surface area contributed by atoms with E-state index in [-0.39, 0.29) is 4.90 Å². The lowest BCUT2D eigenvalue weighted by Gasteiger charge is -2.02. The predicted molar refractivity (Wildman–Crippen MR) is 76.3 cm³/mol. The summed E-state index contributed by atoms with van der Waals surface area (Å²) in [7, 11) is -3.58. The van der Waals surface area contributed by atoms with Crippen molar-refractivity contribution in [2.45, 2.75) is 17.9 Å². The van der Waals surface area contributed by atoms with Gasteiger partial charge in [-0.15, -0.1) is 11.3 Å². The lowest BCUT2D eigenvalue weighted by Crippen LogP contribution is -2.82. The van der Waals surface area contributed by atoms with Crippen LogP contribution in [-0.4, -0.2) is 15.0 Å². The molecule has 0 aliphatic heterocycles. The van der Waals surface area contributed by atoms with Crippen LogP contribution in [0.4, 0.5) is 0 Å². The van der Waals surface area contributed by atoms with Gasteiger partial charge in [-0.25, -0.2) is 13.6 Å². The number of sulfonamides is 1. The summed E-state index contributed by atoms with van der Waals surface area (Å²) in [5.74, 6) is 0. The highest BCUT2D eigenvalue weighted by atomic mass is 32.2. The number of benzene rings is 1. The van der Waals surface area contributed by atoms with E-state index in [9.17, 15) is 8.42 Å². The Morgan fingerprint density at radius 2 is 1.89 bits per heavy atom. The molecule has 4 nitrogen and oxygen atoms in total. The third-order valence-electron chi connectivity index (χ3n) is 2.81. The molecule has 19 heavy (non-hydrogen) atoms. The molecular formula is C13H17N2O2S2+. The first-order chi connectivity index (χ1) is 9.05. The lowest BCUT2D eigenvalue weighted by atomic mass is 10.1. The van der Waals surface area contributed by atoms with Crippen molar-refractivity contribution in [2.75, 3.05) is 6.54 Å². The summed E-state index contributed by atoms with van der Waals surface area (Å²) in [6.07, 6.45) is 0.913. The topological polar surface area (TPSA) is 76.8 Å². The van der Waals surface area contributed by atoms with Gasteiger partial charge in [0.1, 0.15) is 6.54 Å². The van der Waals surface area contributed by atoms with E-state index >= 15 is 0 Å². The first-order valence-electron chi connectivity index (χ1n) is 6.01. The first-order valence-corrected chi connectivity index (χ1v) is 8.44. The Hall–Kier alpha value is -1.21. The van der Waals surface area contributed by atoms with Crippen LogP contribution in [0.5, 0.6) is 0 Å². The summed E-state index contributed by atoms with van der Waals surface area (Å²) in [6, 6.07) is 10.9. The van der Waals surface area contributed by atoms with Crippen LogP contribution in [0.3, 0.4) is 0 Å². The van der Waals surface area contributed by atoms with Crippen LogP contribution in [0, 0.1) is 0 Å².